The number of fused-ring (bicyclic) bond motifs is 1. The van der Waals surface area contributed by atoms with Gasteiger partial charge in [-0.3, -0.25) is 4.79 Å². The van der Waals surface area contributed by atoms with E-state index in [1.807, 2.05) is 18.0 Å². The van der Waals surface area contributed by atoms with Gasteiger partial charge in [0, 0.05) is 35.8 Å². The summed E-state index contributed by atoms with van der Waals surface area (Å²) < 4.78 is 20.4. The third-order valence-corrected chi connectivity index (χ3v) is 6.37. The first kappa shape index (κ1) is 18.3. The topological polar surface area (TPSA) is 29.5 Å². The molecule has 0 unspecified atom stereocenters. The van der Waals surface area contributed by atoms with Crippen molar-refractivity contribution in [1.82, 2.24) is 4.90 Å². The summed E-state index contributed by atoms with van der Waals surface area (Å²) in [6.07, 6.45) is 8.27. The molecule has 0 N–H and O–H groups in total. The van der Waals surface area contributed by atoms with Crippen molar-refractivity contribution in [2.45, 2.75) is 57.6 Å². The van der Waals surface area contributed by atoms with Gasteiger partial charge >= 0.3 is 0 Å². The zero-order valence-corrected chi connectivity index (χ0v) is 15.8. The standard InChI is InChI=1S/C20H26FNO2S/c1-22(14-9-6-4-3-5-7-10-14)20(23)19-15(13-24-2)18-16(21)11-8-12-17(18)25-19/h8,11-12,14H,3-7,9-10,13H2,1-2H3. The van der Waals surface area contributed by atoms with Crippen LogP contribution < -0.4 is 0 Å². The number of hydrogen-bond donors (Lipinski definition) is 0. The Balaban J connectivity index is 1.92. The molecule has 5 heteroatoms. The summed E-state index contributed by atoms with van der Waals surface area (Å²) in [5.74, 6) is -0.285. The first-order valence-electron chi connectivity index (χ1n) is 9.09. The normalized spacial score (nSPS) is 16.6. The van der Waals surface area contributed by atoms with E-state index in [4.69, 9.17) is 4.74 Å². The van der Waals surface area contributed by atoms with Gasteiger partial charge in [-0.1, -0.05) is 38.2 Å². The summed E-state index contributed by atoms with van der Waals surface area (Å²) in [6.45, 7) is 0.251. The number of benzene rings is 1. The highest BCUT2D eigenvalue weighted by Crippen LogP contribution is 2.35. The predicted octanol–water partition coefficient (Wildman–Crippen LogP) is 5.37. The van der Waals surface area contributed by atoms with Crippen LogP contribution in [-0.4, -0.2) is 31.0 Å². The van der Waals surface area contributed by atoms with Crippen molar-refractivity contribution >= 4 is 27.3 Å². The first-order valence-corrected chi connectivity index (χ1v) is 9.91. The Labute approximate surface area is 152 Å². The Morgan fingerprint density at radius 2 is 1.92 bits per heavy atom. The molecule has 136 valence electrons. The summed E-state index contributed by atoms with van der Waals surface area (Å²) in [7, 11) is 3.48. The highest BCUT2D eigenvalue weighted by atomic mass is 32.1. The van der Waals surface area contributed by atoms with Gasteiger partial charge in [0.15, 0.2) is 0 Å². The Hall–Kier alpha value is -1.46. The zero-order valence-electron chi connectivity index (χ0n) is 15.0. The summed E-state index contributed by atoms with van der Waals surface area (Å²) in [6, 6.07) is 5.28. The number of ether oxygens (including phenoxy) is 1. The largest absolute Gasteiger partial charge is 0.380 e. The molecule has 2 aromatic rings. The number of carbonyl (C=O) groups excluding carboxylic acids is 1. The molecule has 1 aliphatic carbocycles. The summed E-state index contributed by atoms with van der Waals surface area (Å²) >= 11 is 1.38. The van der Waals surface area contributed by atoms with Crippen LogP contribution in [0.25, 0.3) is 10.1 Å². The lowest BCUT2D eigenvalue weighted by atomic mass is 9.95. The van der Waals surface area contributed by atoms with Crippen molar-refractivity contribution in [3.8, 4) is 0 Å². The van der Waals surface area contributed by atoms with E-state index < -0.39 is 0 Å². The number of methoxy groups -OCH3 is 1. The van der Waals surface area contributed by atoms with Crippen LogP contribution >= 0.6 is 11.3 Å². The number of amides is 1. The van der Waals surface area contributed by atoms with Crippen LogP contribution in [0.1, 0.15) is 60.2 Å². The van der Waals surface area contributed by atoms with E-state index >= 15 is 0 Å². The van der Waals surface area contributed by atoms with Crippen LogP contribution in [0.3, 0.4) is 0 Å². The lowest BCUT2D eigenvalue weighted by molar-refractivity contribution is 0.0707. The Morgan fingerprint density at radius 3 is 2.60 bits per heavy atom. The molecule has 0 atom stereocenters. The van der Waals surface area contributed by atoms with Gasteiger partial charge in [-0.2, -0.15) is 0 Å². The number of rotatable bonds is 4. The minimum absolute atomic E-state index is 0.00164. The molecule has 0 bridgehead atoms. The maximum Gasteiger partial charge on any atom is 0.264 e. The van der Waals surface area contributed by atoms with Gasteiger partial charge in [-0.15, -0.1) is 11.3 Å². The van der Waals surface area contributed by atoms with Crippen molar-refractivity contribution in [3.05, 3.63) is 34.5 Å². The number of nitrogens with zero attached hydrogens (tertiary/aromatic N) is 1. The minimum Gasteiger partial charge on any atom is -0.380 e. The van der Waals surface area contributed by atoms with Crippen LogP contribution in [0.2, 0.25) is 0 Å². The molecule has 1 heterocycles. The van der Waals surface area contributed by atoms with Crippen LogP contribution in [0, 0.1) is 5.82 Å². The van der Waals surface area contributed by atoms with Crippen molar-refractivity contribution in [2.24, 2.45) is 0 Å². The van der Waals surface area contributed by atoms with E-state index in [0.717, 1.165) is 17.5 Å². The monoisotopic (exact) mass is 363 g/mol. The number of halogens is 1. The molecule has 1 aromatic heterocycles. The molecule has 1 aromatic carbocycles. The van der Waals surface area contributed by atoms with Crippen LogP contribution in [0.15, 0.2) is 18.2 Å². The van der Waals surface area contributed by atoms with E-state index in [1.54, 1.807) is 13.2 Å². The molecule has 0 spiro atoms. The fourth-order valence-electron chi connectivity index (χ4n) is 3.77. The molecule has 1 aliphatic rings. The fourth-order valence-corrected chi connectivity index (χ4v) is 4.97. The summed E-state index contributed by atoms with van der Waals surface area (Å²) in [5, 5.41) is 0.531. The molecule has 3 rings (SSSR count). The Morgan fingerprint density at radius 1 is 1.24 bits per heavy atom. The van der Waals surface area contributed by atoms with E-state index in [0.29, 0.717) is 15.8 Å². The molecule has 0 aliphatic heterocycles. The molecule has 25 heavy (non-hydrogen) atoms. The van der Waals surface area contributed by atoms with Crippen LogP contribution in [-0.2, 0) is 11.3 Å². The molecule has 1 saturated carbocycles. The second kappa shape index (κ2) is 8.28. The van der Waals surface area contributed by atoms with Gasteiger partial charge < -0.3 is 9.64 Å². The van der Waals surface area contributed by atoms with Gasteiger partial charge in [0.2, 0.25) is 0 Å². The summed E-state index contributed by atoms with van der Waals surface area (Å²) in [5.41, 5.74) is 0.684. The fraction of sp³-hybridized carbons (Fsp3) is 0.550. The molecule has 0 saturated heterocycles. The number of carbonyl (C=O) groups is 1. The lowest BCUT2D eigenvalue weighted by Gasteiger charge is -2.29. The van der Waals surface area contributed by atoms with Gasteiger partial charge in [0.25, 0.3) is 5.91 Å². The predicted molar refractivity (Wildman–Crippen MR) is 101 cm³/mol. The first-order chi connectivity index (χ1) is 12.1. The van der Waals surface area contributed by atoms with Crippen molar-refractivity contribution in [3.63, 3.8) is 0 Å². The smallest absolute Gasteiger partial charge is 0.264 e. The number of thiophene rings is 1. The average Bonchev–Trinajstić information content (AvgIpc) is 2.94. The average molecular weight is 363 g/mol. The lowest BCUT2D eigenvalue weighted by Crippen LogP contribution is -2.37. The molecular formula is C20H26FNO2S. The second-order valence-corrected chi connectivity index (χ2v) is 7.92. The molecule has 0 radical (unpaired) electrons. The van der Waals surface area contributed by atoms with Gasteiger partial charge in [0.1, 0.15) is 5.82 Å². The molecule has 1 fully saturated rings. The van der Waals surface area contributed by atoms with E-state index in [9.17, 15) is 9.18 Å². The summed E-state index contributed by atoms with van der Waals surface area (Å²) in [4.78, 5) is 15.7. The highest BCUT2D eigenvalue weighted by molar-refractivity contribution is 7.21. The maximum absolute atomic E-state index is 14.3. The van der Waals surface area contributed by atoms with Crippen molar-refractivity contribution in [2.75, 3.05) is 14.2 Å². The van der Waals surface area contributed by atoms with Gasteiger partial charge in [-0.05, 0) is 25.0 Å². The van der Waals surface area contributed by atoms with Gasteiger partial charge in [0.05, 0.1) is 11.5 Å². The molecule has 1 amide bonds. The van der Waals surface area contributed by atoms with Gasteiger partial charge in [-0.25, -0.2) is 4.39 Å². The molecule has 3 nitrogen and oxygen atoms in total. The minimum atomic E-state index is -0.284. The van der Waals surface area contributed by atoms with E-state index in [-0.39, 0.29) is 24.4 Å². The zero-order chi connectivity index (χ0) is 17.8. The third-order valence-electron chi connectivity index (χ3n) is 5.19. The third kappa shape index (κ3) is 3.87. The highest BCUT2D eigenvalue weighted by Gasteiger charge is 2.27. The van der Waals surface area contributed by atoms with Crippen LogP contribution in [0.4, 0.5) is 4.39 Å². The second-order valence-electron chi connectivity index (χ2n) is 6.87. The quantitative estimate of drug-likeness (QED) is 0.731. The van der Waals surface area contributed by atoms with Crippen molar-refractivity contribution < 1.29 is 13.9 Å². The van der Waals surface area contributed by atoms with Crippen molar-refractivity contribution in [1.29, 1.82) is 0 Å². The SMILES string of the molecule is COCc1c(C(=O)N(C)C2CCCCCCC2)sc2cccc(F)c12. The Kier molecular flexibility index (Phi) is 6.07. The molecular weight excluding hydrogens is 337 g/mol. The van der Waals surface area contributed by atoms with Crippen LogP contribution in [0.5, 0.6) is 0 Å². The van der Waals surface area contributed by atoms with E-state index in [2.05, 4.69) is 0 Å². The maximum atomic E-state index is 14.3. The van der Waals surface area contributed by atoms with E-state index in [1.165, 1.54) is 49.5 Å². The Bertz CT molecular complexity index is 735. The number of hydrogen-bond acceptors (Lipinski definition) is 3.